The van der Waals surface area contributed by atoms with E-state index in [0.717, 1.165) is 18.4 Å². The zero-order valence-corrected chi connectivity index (χ0v) is 9.23. The number of pyridine rings is 1. The second-order valence-electron chi connectivity index (χ2n) is 4.60. The number of hydrogen-bond acceptors (Lipinski definition) is 2. The van der Waals surface area contributed by atoms with Crippen molar-refractivity contribution in [3.05, 3.63) is 30.1 Å². The quantitative estimate of drug-likeness (QED) is 0.821. The summed E-state index contributed by atoms with van der Waals surface area (Å²) < 4.78 is 0. The summed E-state index contributed by atoms with van der Waals surface area (Å²) in [6.45, 7) is 0.857. The molecule has 2 N–H and O–H groups in total. The maximum atomic E-state index is 5.83. The Morgan fingerprint density at radius 1 is 1.13 bits per heavy atom. The van der Waals surface area contributed by atoms with Crippen LogP contribution in [0.2, 0.25) is 0 Å². The Hall–Kier alpha value is -0.890. The van der Waals surface area contributed by atoms with E-state index in [1.54, 1.807) is 0 Å². The van der Waals surface area contributed by atoms with Gasteiger partial charge in [0.2, 0.25) is 0 Å². The molecule has 0 bridgehead atoms. The molecule has 2 nitrogen and oxygen atoms in total. The van der Waals surface area contributed by atoms with E-state index in [0.29, 0.717) is 0 Å². The number of rotatable bonds is 3. The summed E-state index contributed by atoms with van der Waals surface area (Å²) >= 11 is 0. The standard InChI is InChI=1S/C13H20N2/c14-10-13-4-2-1-3-12(13)9-11-5-7-15-8-6-11/h5-8,12-13H,1-4,9-10,14H2. The van der Waals surface area contributed by atoms with Crippen molar-refractivity contribution in [2.24, 2.45) is 17.6 Å². The predicted molar refractivity (Wildman–Crippen MR) is 62.4 cm³/mol. The molecule has 15 heavy (non-hydrogen) atoms. The van der Waals surface area contributed by atoms with Gasteiger partial charge in [0.05, 0.1) is 0 Å². The van der Waals surface area contributed by atoms with Gasteiger partial charge in [0.25, 0.3) is 0 Å². The van der Waals surface area contributed by atoms with E-state index in [1.807, 2.05) is 12.4 Å². The van der Waals surface area contributed by atoms with Crippen LogP contribution in [0.15, 0.2) is 24.5 Å². The molecule has 1 heterocycles. The van der Waals surface area contributed by atoms with Crippen LogP contribution in [0.1, 0.15) is 31.2 Å². The van der Waals surface area contributed by atoms with Crippen LogP contribution in [-0.4, -0.2) is 11.5 Å². The van der Waals surface area contributed by atoms with Crippen LogP contribution in [0, 0.1) is 11.8 Å². The van der Waals surface area contributed by atoms with E-state index in [9.17, 15) is 0 Å². The number of nitrogens with zero attached hydrogens (tertiary/aromatic N) is 1. The highest BCUT2D eigenvalue weighted by atomic mass is 14.6. The van der Waals surface area contributed by atoms with E-state index in [4.69, 9.17) is 5.73 Å². The molecule has 1 aliphatic carbocycles. The molecular weight excluding hydrogens is 184 g/mol. The molecule has 1 aromatic heterocycles. The summed E-state index contributed by atoms with van der Waals surface area (Å²) in [7, 11) is 0. The summed E-state index contributed by atoms with van der Waals surface area (Å²) in [5, 5.41) is 0. The minimum atomic E-state index is 0.743. The van der Waals surface area contributed by atoms with Crippen molar-refractivity contribution in [3.63, 3.8) is 0 Å². The summed E-state index contributed by atoms with van der Waals surface area (Å²) in [5.41, 5.74) is 7.25. The molecular formula is C13H20N2. The lowest BCUT2D eigenvalue weighted by Crippen LogP contribution is -2.28. The van der Waals surface area contributed by atoms with Gasteiger partial charge in [0.15, 0.2) is 0 Å². The fraction of sp³-hybridized carbons (Fsp3) is 0.615. The lowest BCUT2D eigenvalue weighted by molar-refractivity contribution is 0.242. The van der Waals surface area contributed by atoms with Crippen molar-refractivity contribution < 1.29 is 0 Å². The summed E-state index contributed by atoms with van der Waals surface area (Å²) in [4.78, 5) is 4.05. The Bertz CT molecular complexity index is 284. The van der Waals surface area contributed by atoms with Gasteiger partial charge in [-0.3, -0.25) is 4.98 Å². The third-order valence-electron chi connectivity index (χ3n) is 3.62. The van der Waals surface area contributed by atoms with Gasteiger partial charge in [-0.1, -0.05) is 12.8 Å². The molecule has 2 unspecified atom stereocenters. The topological polar surface area (TPSA) is 38.9 Å². The van der Waals surface area contributed by atoms with Crippen LogP contribution in [0.4, 0.5) is 0 Å². The fourth-order valence-corrected chi connectivity index (χ4v) is 2.69. The van der Waals surface area contributed by atoms with Crippen LogP contribution in [-0.2, 0) is 6.42 Å². The van der Waals surface area contributed by atoms with Crippen LogP contribution in [0.25, 0.3) is 0 Å². The minimum absolute atomic E-state index is 0.743. The van der Waals surface area contributed by atoms with Gasteiger partial charge in [-0.25, -0.2) is 0 Å². The molecule has 1 saturated carbocycles. The first-order valence-corrected chi connectivity index (χ1v) is 5.99. The third kappa shape index (κ3) is 2.78. The van der Waals surface area contributed by atoms with Gasteiger partial charge in [-0.15, -0.1) is 0 Å². The second-order valence-corrected chi connectivity index (χ2v) is 4.60. The summed E-state index contributed by atoms with van der Waals surface area (Å²) in [6.07, 6.45) is 10.4. The average Bonchev–Trinajstić information content (AvgIpc) is 2.31. The zero-order valence-electron chi connectivity index (χ0n) is 9.23. The first kappa shape index (κ1) is 10.6. The Kier molecular flexibility index (Phi) is 3.73. The highest BCUT2D eigenvalue weighted by Crippen LogP contribution is 2.31. The SMILES string of the molecule is NCC1CCCCC1Cc1ccncc1. The van der Waals surface area contributed by atoms with Gasteiger partial charge >= 0.3 is 0 Å². The van der Waals surface area contributed by atoms with E-state index in [1.165, 1.54) is 37.7 Å². The molecule has 1 aromatic rings. The molecule has 0 radical (unpaired) electrons. The summed E-state index contributed by atoms with van der Waals surface area (Å²) in [6, 6.07) is 4.25. The lowest BCUT2D eigenvalue weighted by Gasteiger charge is -2.30. The zero-order chi connectivity index (χ0) is 10.5. The van der Waals surface area contributed by atoms with Gasteiger partial charge in [-0.05, 0) is 55.3 Å². The van der Waals surface area contributed by atoms with Crippen molar-refractivity contribution in [3.8, 4) is 0 Å². The molecule has 2 rings (SSSR count). The number of nitrogens with two attached hydrogens (primary N) is 1. The van der Waals surface area contributed by atoms with Crippen molar-refractivity contribution >= 4 is 0 Å². The molecule has 0 aromatic carbocycles. The minimum Gasteiger partial charge on any atom is -0.330 e. The Labute approximate surface area is 91.9 Å². The first-order valence-electron chi connectivity index (χ1n) is 5.99. The third-order valence-corrected chi connectivity index (χ3v) is 3.62. The van der Waals surface area contributed by atoms with Gasteiger partial charge in [-0.2, -0.15) is 0 Å². The van der Waals surface area contributed by atoms with Gasteiger partial charge in [0.1, 0.15) is 0 Å². The summed E-state index contributed by atoms with van der Waals surface area (Å²) in [5.74, 6) is 1.54. The van der Waals surface area contributed by atoms with Crippen molar-refractivity contribution in [1.82, 2.24) is 4.98 Å². The fourth-order valence-electron chi connectivity index (χ4n) is 2.69. The van der Waals surface area contributed by atoms with Gasteiger partial charge in [0, 0.05) is 12.4 Å². The highest BCUT2D eigenvalue weighted by molar-refractivity contribution is 5.11. The number of hydrogen-bond donors (Lipinski definition) is 1. The van der Waals surface area contributed by atoms with E-state index < -0.39 is 0 Å². The van der Waals surface area contributed by atoms with Crippen molar-refractivity contribution in [2.45, 2.75) is 32.1 Å². The first-order chi connectivity index (χ1) is 7.40. The Morgan fingerprint density at radius 2 is 1.80 bits per heavy atom. The van der Waals surface area contributed by atoms with Crippen molar-refractivity contribution in [1.29, 1.82) is 0 Å². The molecule has 2 atom stereocenters. The molecule has 1 fully saturated rings. The smallest absolute Gasteiger partial charge is 0.0270 e. The van der Waals surface area contributed by atoms with E-state index in [-0.39, 0.29) is 0 Å². The Morgan fingerprint density at radius 3 is 2.47 bits per heavy atom. The maximum Gasteiger partial charge on any atom is 0.0270 e. The predicted octanol–water partition coefficient (Wildman–Crippen LogP) is 2.39. The molecule has 82 valence electrons. The molecule has 0 amide bonds. The molecule has 0 spiro atoms. The Balaban J connectivity index is 1.97. The van der Waals surface area contributed by atoms with Gasteiger partial charge < -0.3 is 5.73 Å². The lowest BCUT2D eigenvalue weighted by atomic mass is 9.76. The monoisotopic (exact) mass is 204 g/mol. The highest BCUT2D eigenvalue weighted by Gasteiger charge is 2.23. The molecule has 2 heteroatoms. The number of aromatic nitrogens is 1. The van der Waals surface area contributed by atoms with Crippen LogP contribution in [0.3, 0.4) is 0 Å². The maximum absolute atomic E-state index is 5.83. The average molecular weight is 204 g/mol. The molecule has 0 aliphatic heterocycles. The van der Waals surface area contributed by atoms with Crippen LogP contribution >= 0.6 is 0 Å². The van der Waals surface area contributed by atoms with E-state index >= 15 is 0 Å². The largest absolute Gasteiger partial charge is 0.330 e. The second kappa shape index (κ2) is 5.26. The molecule has 0 saturated heterocycles. The van der Waals surface area contributed by atoms with Crippen molar-refractivity contribution in [2.75, 3.05) is 6.54 Å². The van der Waals surface area contributed by atoms with Crippen LogP contribution < -0.4 is 5.73 Å². The van der Waals surface area contributed by atoms with Crippen LogP contribution in [0.5, 0.6) is 0 Å². The normalized spacial score (nSPS) is 26.5. The molecule has 1 aliphatic rings. The van der Waals surface area contributed by atoms with E-state index in [2.05, 4.69) is 17.1 Å².